The lowest BCUT2D eigenvalue weighted by molar-refractivity contribution is 0.0137. The summed E-state index contributed by atoms with van der Waals surface area (Å²) in [4.78, 5) is 21.9. The Hall–Kier alpha value is -1.85. The van der Waals surface area contributed by atoms with E-state index in [1.807, 2.05) is 20.8 Å². The second kappa shape index (κ2) is 6.74. The SMILES string of the molecule is CC(C)(C)OC(=O)N1CCC[C@@H](COc2ncccn2)C1. The molecular formula is C15H23N3O3. The molecule has 0 radical (unpaired) electrons. The van der Waals surface area contributed by atoms with Crippen LogP contribution in [0.25, 0.3) is 0 Å². The predicted molar refractivity (Wildman–Crippen MR) is 78.1 cm³/mol. The van der Waals surface area contributed by atoms with Crippen molar-refractivity contribution >= 4 is 6.09 Å². The van der Waals surface area contributed by atoms with Gasteiger partial charge in [-0.1, -0.05) is 0 Å². The van der Waals surface area contributed by atoms with Crippen molar-refractivity contribution in [2.45, 2.75) is 39.2 Å². The number of piperidine rings is 1. The smallest absolute Gasteiger partial charge is 0.410 e. The van der Waals surface area contributed by atoms with Crippen molar-refractivity contribution < 1.29 is 14.3 Å². The van der Waals surface area contributed by atoms with Gasteiger partial charge in [0.15, 0.2) is 0 Å². The average Bonchev–Trinajstić information content (AvgIpc) is 2.45. The number of amides is 1. The Kier molecular flexibility index (Phi) is 4.98. The van der Waals surface area contributed by atoms with Crippen LogP contribution < -0.4 is 4.74 Å². The van der Waals surface area contributed by atoms with Crippen molar-refractivity contribution in [2.24, 2.45) is 5.92 Å². The Labute approximate surface area is 125 Å². The number of carbonyl (C=O) groups excluding carboxylic acids is 1. The molecule has 1 amide bonds. The molecule has 0 aliphatic carbocycles. The third-order valence-electron chi connectivity index (χ3n) is 3.16. The molecular weight excluding hydrogens is 270 g/mol. The average molecular weight is 293 g/mol. The van der Waals surface area contributed by atoms with E-state index in [-0.39, 0.29) is 12.0 Å². The number of likely N-dealkylation sites (tertiary alicyclic amines) is 1. The molecule has 0 saturated carbocycles. The second-order valence-corrected chi connectivity index (χ2v) is 6.28. The topological polar surface area (TPSA) is 64.5 Å². The Bertz CT molecular complexity index is 459. The molecule has 2 rings (SSSR count). The van der Waals surface area contributed by atoms with Crippen LogP contribution >= 0.6 is 0 Å². The summed E-state index contributed by atoms with van der Waals surface area (Å²) < 4.78 is 11.0. The highest BCUT2D eigenvalue weighted by molar-refractivity contribution is 5.68. The summed E-state index contributed by atoms with van der Waals surface area (Å²) in [7, 11) is 0. The first-order valence-corrected chi connectivity index (χ1v) is 7.32. The van der Waals surface area contributed by atoms with Crippen LogP contribution in [0.4, 0.5) is 4.79 Å². The summed E-state index contributed by atoms with van der Waals surface area (Å²) in [6, 6.07) is 2.13. The van der Waals surface area contributed by atoms with Crippen LogP contribution in [0.2, 0.25) is 0 Å². The Morgan fingerprint density at radius 2 is 2.10 bits per heavy atom. The molecule has 0 N–H and O–H groups in total. The lowest BCUT2D eigenvalue weighted by atomic mass is 9.99. The van der Waals surface area contributed by atoms with Crippen molar-refractivity contribution in [3.05, 3.63) is 18.5 Å². The van der Waals surface area contributed by atoms with Gasteiger partial charge in [-0.05, 0) is 39.7 Å². The Morgan fingerprint density at radius 3 is 2.76 bits per heavy atom. The molecule has 1 aliphatic heterocycles. The Balaban J connectivity index is 1.82. The highest BCUT2D eigenvalue weighted by Crippen LogP contribution is 2.19. The number of nitrogens with zero attached hydrogens (tertiary/aromatic N) is 3. The van der Waals surface area contributed by atoms with Crippen LogP contribution in [0.5, 0.6) is 6.01 Å². The molecule has 2 heterocycles. The Morgan fingerprint density at radius 1 is 1.38 bits per heavy atom. The molecule has 1 saturated heterocycles. The van der Waals surface area contributed by atoms with Gasteiger partial charge in [0.25, 0.3) is 0 Å². The molecule has 6 nitrogen and oxygen atoms in total. The largest absolute Gasteiger partial charge is 0.463 e. The summed E-state index contributed by atoms with van der Waals surface area (Å²) >= 11 is 0. The zero-order chi connectivity index (χ0) is 15.3. The lowest BCUT2D eigenvalue weighted by Gasteiger charge is -2.33. The van der Waals surface area contributed by atoms with Crippen LogP contribution in [0.3, 0.4) is 0 Å². The molecule has 1 aromatic heterocycles. The van der Waals surface area contributed by atoms with E-state index in [9.17, 15) is 4.79 Å². The van der Waals surface area contributed by atoms with Crippen molar-refractivity contribution in [1.29, 1.82) is 0 Å². The van der Waals surface area contributed by atoms with Crippen molar-refractivity contribution in [2.75, 3.05) is 19.7 Å². The van der Waals surface area contributed by atoms with Gasteiger partial charge in [0.2, 0.25) is 0 Å². The third kappa shape index (κ3) is 5.21. The standard InChI is InChI=1S/C15H23N3O3/c1-15(2,3)21-14(19)18-9-4-6-12(10-18)11-20-13-16-7-5-8-17-13/h5,7-8,12H,4,6,9-11H2,1-3H3/t12-/m1/s1. The van der Waals surface area contributed by atoms with E-state index >= 15 is 0 Å². The molecule has 0 aromatic carbocycles. The van der Waals surface area contributed by atoms with Crippen LogP contribution in [0, 0.1) is 5.92 Å². The van der Waals surface area contributed by atoms with Gasteiger partial charge in [0.1, 0.15) is 5.60 Å². The minimum Gasteiger partial charge on any atom is -0.463 e. The molecule has 1 atom stereocenters. The zero-order valence-corrected chi connectivity index (χ0v) is 12.9. The van der Waals surface area contributed by atoms with Gasteiger partial charge in [-0.25, -0.2) is 14.8 Å². The molecule has 6 heteroatoms. The summed E-state index contributed by atoms with van der Waals surface area (Å²) in [6.07, 6.45) is 5.05. The van der Waals surface area contributed by atoms with Crippen LogP contribution in [0.15, 0.2) is 18.5 Å². The summed E-state index contributed by atoms with van der Waals surface area (Å²) in [5, 5.41) is 0. The molecule has 1 aliphatic rings. The maximum Gasteiger partial charge on any atom is 0.410 e. The van der Waals surface area contributed by atoms with Crippen molar-refractivity contribution in [1.82, 2.24) is 14.9 Å². The minimum absolute atomic E-state index is 0.247. The van der Waals surface area contributed by atoms with Gasteiger partial charge in [-0.15, -0.1) is 0 Å². The van der Waals surface area contributed by atoms with E-state index < -0.39 is 5.60 Å². The first kappa shape index (κ1) is 15.5. The van der Waals surface area contributed by atoms with Crippen molar-refractivity contribution in [3.8, 4) is 6.01 Å². The number of rotatable bonds is 3. The van der Waals surface area contributed by atoms with Crippen molar-refractivity contribution in [3.63, 3.8) is 0 Å². The molecule has 0 unspecified atom stereocenters. The fraction of sp³-hybridized carbons (Fsp3) is 0.667. The molecule has 116 valence electrons. The van der Waals surface area contributed by atoms with Gasteiger partial charge in [0, 0.05) is 31.4 Å². The van der Waals surface area contributed by atoms with E-state index in [2.05, 4.69) is 9.97 Å². The van der Waals surface area contributed by atoms with Gasteiger partial charge in [-0.2, -0.15) is 0 Å². The number of hydrogen-bond donors (Lipinski definition) is 0. The molecule has 21 heavy (non-hydrogen) atoms. The van der Waals surface area contributed by atoms with Gasteiger partial charge in [0.05, 0.1) is 6.61 Å². The number of carbonyl (C=O) groups is 1. The summed E-state index contributed by atoms with van der Waals surface area (Å²) in [6.45, 7) is 7.55. The predicted octanol–water partition coefficient (Wildman–Crippen LogP) is 2.50. The van der Waals surface area contributed by atoms with E-state index in [4.69, 9.17) is 9.47 Å². The van der Waals surface area contributed by atoms with E-state index in [0.29, 0.717) is 19.2 Å². The first-order valence-electron chi connectivity index (χ1n) is 7.32. The fourth-order valence-electron chi connectivity index (χ4n) is 2.25. The van der Waals surface area contributed by atoms with Gasteiger partial charge >= 0.3 is 12.1 Å². The third-order valence-corrected chi connectivity index (χ3v) is 3.16. The molecule has 1 fully saturated rings. The van der Waals surface area contributed by atoms with E-state index in [1.165, 1.54) is 0 Å². The first-order chi connectivity index (χ1) is 9.94. The van der Waals surface area contributed by atoms with Crippen LogP contribution in [0.1, 0.15) is 33.6 Å². The maximum absolute atomic E-state index is 12.1. The van der Waals surface area contributed by atoms with Crippen LogP contribution in [-0.2, 0) is 4.74 Å². The normalized spacial score (nSPS) is 19.2. The highest BCUT2D eigenvalue weighted by atomic mass is 16.6. The van der Waals surface area contributed by atoms with E-state index in [0.717, 1.165) is 19.4 Å². The quantitative estimate of drug-likeness (QED) is 0.856. The second-order valence-electron chi connectivity index (χ2n) is 6.28. The van der Waals surface area contributed by atoms with Gasteiger partial charge < -0.3 is 14.4 Å². The van der Waals surface area contributed by atoms with E-state index in [1.54, 1.807) is 23.4 Å². The lowest BCUT2D eigenvalue weighted by Crippen LogP contribution is -2.44. The summed E-state index contributed by atoms with van der Waals surface area (Å²) in [5.41, 5.74) is -0.460. The number of ether oxygens (including phenoxy) is 2. The van der Waals surface area contributed by atoms with Crippen LogP contribution in [-0.4, -0.2) is 46.3 Å². The minimum atomic E-state index is -0.460. The zero-order valence-electron chi connectivity index (χ0n) is 12.9. The number of hydrogen-bond acceptors (Lipinski definition) is 5. The number of aromatic nitrogens is 2. The highest BCUT2D eigenvalue weighted by Gasteiger charge is 2.27. The molecule has 1 aromatic rings. The molecule has 0 spiro atoms. The van der Waals surface area contributed by atoms with Gasteiger partial charge in [-0.3, -0.25) is 0 Å². The monoisotopic (exact) mass is 293 g/mol. The summed E-state index contributed by atoms with van der Waals surface area (Å²) in [5.74, 6) is 0.287. The molecule has 0 bridgehead atoms. The fourth-order valence-corrected chi connectivity index (χ4v) is 2.25. The maximum atomic E-state index is 12.1.